The van der Waals surface area contributed by atoms with E-state index >= 15 is 0 Å². The van der Waals surface area contributed by atoms with Gasteiger partial charge in [0.2, 0.25) is 0 Å². The van der Waals surface area contributed by atoms with Gasteiger partial charge in [-0.15, -0.1) is 0 Å². The van der Waals surface area contributed by atoms with Gasteiger partial charge in [0.1, 0.15) is 0 Å². The highest BCUT2D eigenvalue weighted by Crippen LogP contribution is 2.27. The molecule has 0 aromatic carbocycles. The molecule has 1 saturated heterocycles. The number of halogens is 1. The van der Waals surface area contributed by atoms with Gasteiger partial charge >= 0.3 is 0 Å². The van der Waals surface area contributed by atoms with Gasteiger partial charge in [0.05, 0.1) is 6.33 Å². The van der Waals surface area contributed by atoms with Crippen molar-refractivity contribution in [3.8, 4) is 0 Å². The largest absolute Gasteiger partial charge is 0.336 e. The van der Waals surface area contributed by atoms with Gasteiger partial charge in [-0.2, -0.15) is 4.31 Å². The van der Waals surface area contributed by atoms with Crippen LogP contribution in [0.2, 0.25) is 0 Å². The monoisotopic (exact) mass is 335 g/mol. The van der Waals surface area contributed by atoms with Gasteiger partial charge in [-0.3, -0.25) is 0 Å². The normalized spacial score (nSPS) is 26.4. The molecule has 1 aliphatic rings. The van der Waals surface area contributed by atoms with Gasteiger partial charge < -0.3 is 4.57 Å². The van der Waals surface area contributed by atoms with E-state index < -0.39 is 10.0 Å². The summed E-state index contributed by atoms with van der Waals surface area (Å²) < 4.78 is 28.1. The van der Waals surface area contributed by atoms with Crippen LogP contribution >= 0.6 is 15.9 Å². The predicted octanol–water partition coefficient (Wildman–Crippen LogP) is 1.70. The second-order valence-electron chi connectivity index (χ2n) is 4.69. The maximum absolute atomic E-state index is 12.4. The van der Waals surface area contributed by atoms with E-state index in [0.29, 0.717) is 23.8 Å². The van der Waals surface area contributed by atoms with Crippen LogP contribution in [0.25, 0.3) is 0 Å². The smallest absolute Gasteiger partial charge is 0.262 e. The summed E-state index contributed by atoms with van der Waals surface area (Å²) in [7, 11) is -3.43. The van der Waals surface area contributed by atoms with Crippen LogP contribution in [0.15, 0.2) is 17.6 Å². The fourth-order valence-electron chi connectivity index (χ4n) is 2.08. The van der Waals surface area contributed by atoms with Gasteiger partial charge in [-0.1, -0.05) is 22.9 Å². The van der Waals surface area contributed by atoms with Crippen LogP contribution in [0.1, 0.15) is 20.3 Å². The molecule has 1 aromatic heterocycles. The molecule has 18 heavy (non-hydrogen) atoms. The lowest BCUT2D eigenvalue weighted by Crippen LogP contribution is -2.43. The second kappa shape index (κ2) is 5.30. The van der Waals surface area contributed by atoms with Crippen molar-refractivity contribution in [2.75, 3.05) is 13.1 Å². The zero-order valence-electron chi connectivity index (χ0n) is 10.6. The molecule has 1 aliphatic heterocycles. The summed E-state index contributed by atoms with van der Waals surface area (Å²) in [5.74, 6) is 0.321. The van der Waals surface area contributed by atoms with Gasteiger partial charge in [0.25, 0.3) is 10.0 Å². The molecule has 0 spiro atoms. The van der Waals surface area contributed by atoms with Crippen LogP contribution in [-0.2, 0) is 16.6 Å². The van der Waals surface area contributed by atoms with Crippen LogP contribution in [0, 0.1) is 5.92 Å². The molecule has 1 fully saturated rings. The molecule has 2 atom stereocenters. The fraction of sp³-hybridized carbons (Fsp3) is 0.727. The van der Waals surface area contributed by atoms with E-state index in [-0.39, 0.29) is 5.03 Å². The molecule has 2 unspecified atom stereocenters. The molecule has 2 heterocycles. The Bertz CT molecular complexity index is 514. The fourth-order valence-corrected chi connectivity index (χ4v) is 3.94. The number of hydrogen-bond acceptors (Lipinski definition) is 3. The first-order valence-corrected chi connectivity index (χ1v) is 8.46. The van der Waals surface area contributed by atoms with Gasteiger partial charge in [0.15, 0.2) is 5.03 Å². The first-order chi connectivity index (χ1) is 8.45. The Balaban J connectivity index is 2.21. The minimum Gasteiger partial charge on any atom is -0.336 e. The summed E-state index contributed by atoms with van der Waals surface area (Å²) in [6.07, 6.45) is 4.00. The number of nitrogens with zero attached hydrogens (tertiary/aromatic N) is 3. The molecule has 0 N–H and O–H groups in total. The number of hydrogen-bond donors (Lipinski definition) is 0. The van der Waals surface area contributed by atoms with E-state index in [2.05, 4.69) is 27.8 Å². The molecular formula is C11H18BrN3O2S. The first-order valence-electron chi connectivity index (χ1n) is 6.11. The van der Waals surface area contributed by atoms with Crippen molar-refractivity contribution in [1.29, 1.82) is 0 Å². The summed E-state index contributed by atoms with van der Waals surface area (Å²) in [5.41, 5.74) is 0. The molecule has 1 aromatic rings. The SMILES string of the molecule is CCn1cnc(S(=O)(=O)N2CCC(Br)C(C)C2)c1. The lowest BCUT2D eigenvalue weighted by Gasteiger charge is -2.32. The lowest BCUT2D eigenvalue weighted by atomic mass is 10.0. The lowest BCUT2D eigenvalue weighted by molar-refractivity contribution is 0.291. The van der Waals surface area contributed by atoms with Crippen molar-refractivity contribution >= 4 is 26.0 Å². The van der Waals surface area contributed by atoms with Gasteiger partial charge in [-0.25, -0.2) is 13.4 Å². The number of aromatic nitrogens is 2. The summed E-state index contributed by atoms with van der Waals surface area (Å²) >= 11 is 3.58. The van der Waals surface area contributed by atoms with Crippen molar-refractivity contribution in [3.05, 3.63) is 12.5 Å². The Morgan fingerprint density at radius 2 is 2.28 bits per heavy atom. The number of rotatable bonds is 3. The van der Waals surface area contributed by atoms with E-state index in [1.807, 2.05) is 6.92 Å². The standard InChI is InChI=1S/C11H18BrN3O2S/c1-3-14-7-11(13-8-14)18(16,17)15-5-4-10(12)9(2)6-15/h7-10H,3-6H2,1-2H3. The molecule has 0 amide bonds. The molecular weight excluding hydrogens is 318 g/mol. The van der Waals surface area contributed by atoms with Crippen molar-refractivity contribution < 1.29 is 8.42 Å². The first kappa shape index (κ1) is 14.0. The average molecular weight is 336 g/mol. The zero-order chi connectivity index (χ0) is 13.3. The number of aryl methyl sites for hydroxylation is 1. The van der Waals surface area contributed by atoms with E-state index in [4.69, 9.17) is 0 Å². The van der Waals surface area contributed by atoms with Crippen LogP contribution in [0.3, 0.4) is 0 Å². The predicted molar refractivity (Wildman–Crippen MR) is 73.2 cm³/mol. The van der Waals surface area contributed by atoms with Crippen molar-refractivity contribution in [1.82, 2.24) is 13.9 Å². The molecule has 0 radical (unpaired) electrons. The molecule has 0 saturated carbocycles. The van der Waals surface area contributed by atoms with Crippen LogP contribution in [-0.4, -0.2) is 40.2 Å². The third kappa shape index (κ3) is 2.62. The van der Waals surface area contributed by atoms with E-state index in [0.717, 1.165) is 13.0 Å². The maximum Gasteiger partial charge on any atom is 0.262 e. The molecule has 102 valence electrons. The van der Waals surface area contributed by atoms with Crippen molar-refractivity contribution in [3.63, 3.8) is 0 Å². The Morgan fingerprint density at radius 1 is 1.56 bits per heavy atom. The summed E-state index contributed by atoms with van der Waals surface area (Å²) in [6, 6.07) is 0. The van der Waals surface area contributed by atoms with Crippen molar-refractivity contribution in [2.24, 2.45) is 5.92 Å². The molecule has 7 heteroatoms. The highest BCUT2D eigenvalue weighted by molar-refractivity contribution is 9.09. The minimum atomic E-state index is -3.43. The van der Waals surface area contributed by atoms with Gasteiger partial charge in [0, 0.05) is 30.7 Å². The minimum absolute atomic E-state index is 0.157. The quantitative estimate of drug-likeness (QED) is 0.790. The Kier molecular flexibility index (Phi) is 4.13. The molecule has 0 bridgehead atoms. The highest BCUT2D eigenvalue weighted by atomic mass is 79.9. The van der Waals surface area contributed by atoms with E-state index in [9.17, 15) is 8.42 Å². The van der Waals surface area contributed by atoms with Crippen molar-refractivity contribution in [2.45, 2.75) is 36.7 Å². The summed E-state index contributed by atoms with van der Waals surface area (Å²) in [6.45, 7) is 5.85. The Morgan fingerprint density at radius 3 is 2.83 bits per heavy atom. The summed E-state index contributed by atoms with van der Waals surface area (Å²) in [5, 5.41) is 0.157. The number of imidazole rings is 1. The maximum atomic E-state index is 12.4. The van der Waals surface area contributed by atoms with Gasteiger partial charge in [-0.05, 0) is 19.3 Å². The summed E-state index contributed by atoms with van der Waals surface area (Å²) in [4.78, 5) is 4.40. The number of alkyl halides is 1. The Hall–Kier alpha value is -0.400. The van der Waals surface area contributed by atoms with E-state index in [1.165, 1.54) is 4.31 Å². The second-order valence-corrected chi connectivity index (χ2v) is 7.75. The third-order valence-electron chi connectivity index (χ3n) is 3.34. The third-order valence-corrected chi connectivity index (χ3v) is 6.45. The zero-order valence-corrected chi connectivity index (χ0v) is 13.0. The highest BCUT2D eigenvalue weighted by Gasteiger charge is 2.33. The number of piperidine rings is 1. The topological polar surface area (TPSA) is 55.2 Å². The van der Waals surface area contributed by atoms with E-state index in [1.54, 1.807) is 17.1 Å². The molecule has 2 rings (SSSR count). The van der Waals surface area contributed by atoms with Crippen LogP contribution in [0.5, 0.6) is 0 Å². The van der Waals surface area contributed by atoms with Crippen LogP contribution < -0.4 is 0 Å². The number of sulfonamides is 1. The average Bonchev–Trinajstić information content (AvgIpc) is 2.81. The van der Waals surface area contributed by atoms with Crippen LogP contribution in [0.4, 0.5) is 0 Å². The Labute approximate surface area is 116 Å². The molecule has 0 aliphatic carbocycles. The molecule has 5 nitrogen and oxygen atoms in total.